The number of carbonyl (C=O) groups excluding carboxylic acids is 1. The van der Waals surface area contributed by atoms with Crippen LogP contribution in [0.4, 0.5) is 5.69 Å². The zero-order valence-electron chi connectivity index (χ0n) is 6.66. The fourth-order valence-corrected chi connectivity index (χ4v) is 0.829. The van der Waals surface area contributed by atoms with Gasteiger partial charge in [0.2, 0.25) is 0 Å². The number of rotatable bonds is 1. The topological polar surface area (TPSA) is 75.4 Å². The van der Waals surface area contributed by atoms with Gasteiger partial charge in [0.15, 0.2) is 0 Å². The van der Waals surface area contributed by atoms with Gasteiger partial charge in [0, 0.05) is 12.6 Å². The average molecular weight is 166 g/mol. The summed E-state index contributed by atoms with van der Waals surface area (Å²) in [4.78, 5) is 11.0. The maximum atomic E-state index is 11.0. The average Bonchev–Trinajstić information content (AvgIpc) is 2.08. The lowest BCUT2D eigenvalue weighted by Gasteiger charge is -2.01. The van der Waals surface area contributed by atoms with E-state index in [9.17, 15) is 4.79 Å². The molecule has 0 fully saturated rings. The first-order valence-electron chi connectivity index (χ1n) is 3.45. The van der Waals surface area contributed by atoms with Crippen molar-refractivity contribution >= 4 is 11.6 Å². The van der Waals surface area contributed by atoms with E-state index in [1.807, 2.05) is 0 Å². The molecule has 0 atom stereocenters. The molecule has 0 aliphatic rings. The van der Waals surface area contributed by atoms with E-state index >= 15 is 0 Å². The summed E-state index contributed by atoms with van der Waals surface area (Å²) in [5.74, 6) is -0.318. The van der Waals surface area contributed by atoms with Crippen LogP contribution in [-0.2, 0) is 0 Å². The molecule has 0 heterocycles. The summed E-state index contributed by atoms with van der Waals surface area (Å²) in [5.41, 5.74) is 6.01. The quantitative estimate of drug-likeness (QED) is 0.416. The fraction of sp³-hybridized carbons (Fsp3) is 0.125. The zero-order chi connectivity index (χ0) is 9.14. The Balaban J connectivity index is 3.05. The molecule has 1 aromatic rings. The summed E-state index contributed by atoms with van der Waals surface area (Å²) >= 11 is 0. The number of hydrogen-bond donors (Lipinski definition) is 3. The van der Waals surface area contributed by atoms with Crippen LogP contribution >= 0.6 is 0 Å². The molecule has 1 amide bonds. The monoisotopic (exact) mass is 166 g/mol. The molecule has 12 heavy (non-hydrogen) atoms. The Bertz CT molecular complexity index is 310. The predicted molar refractivity (Wildman–Crippen MR) is 45.9 cm³/mol. The van der Waals surface area contributed by atoms with Gasteiger partial charge in [-0.15, -0.1) is 0 Å². The summed E-state index contributed by atoms with van der Waals surface area (Å²) in [6.07, 6.45) is 0. The van der Waals surface area contributed by atoms with E-state index in [4.69, 9.17) is 10.8 Å². The molecule has 4 nitrogen and oxygen atoms in total. The van der Waals surface area contributed by atoms with Crippen LogP contribution in [0.15, 0.2) is 18.2 Å². The molecular weight excluding hydrogens is 156 g/mol. The second-order valence-corrected chi connectivity index (χ2v) is 2.35. The SMILES string of the molecule is CNC(=O)c1ccc(N)c(O)c1. The Morgan fingerprint density at radius 2 is 2.25 bits per heavy atom. The first kappa shape index (κ1) is 8.39. The number of aromatic hydroxyl groups is 1. The van der Waals surface area contributed by atoms with E-state index in [0.29, 0.717) is 5.56 Å². The van der Waals surface area contributed by atoms with Crippen molar-refractivity contribution in [1.82, 2.24) is 5.32 Å². The predicted octanol–water partition coefficient (Wildman–Crippen LogP) is 0.334. The maximum Gasteiger partial charge on any atom is 0.251 e. The number of nitrogens with one attached hydrogen (secondary N) is 1. The van der Waals surface area contributed by atoms with Gasteiger partial charge in [-0.05, 0) is 18.2 Å². The minimum absolute atomic E-state index is 0.0731. The zero-order valence-corrected chi connectivity index (χ0v) is 6.66. The molecule has 0 saturated heterocycles. The lowest BCUT2D eigenvalue weighted by atomic mass is 10.2. The van der Waals surface area contributed by atoms with Crippen LogP contribution in [0, 0.1) is 0 Å². The smallest absolute Gasteiger partial charge is 0.251 e. The van der Waals surface area contributed by atoms with Crippen LogP contribution in [-0.4, -0.2) is 18.1 Å². The van der Waals surface area contributed by atoms with Gasteiger partial charge in [-0.3, -0.25) is 4.79 Å². The molecule has 1 rings (SSSR count). The third-order valence-electron chi connectivity index (χ3n) is 1.52. The number of amides is 1. The number of hydrogen-bond acceptors (Lipinski definition) is 3. The van der Waals surface area contributed by atoms with Crippen LogP contribution in [0.1, 0.15) is 10.4 Å². The van der Waals surface area contributed by atoms with Gasteiger partial charge < -0.3 is 16.2 Å². The maximum absolute atomic E-state index is 11.0. The van der Waals surface area contributed by atoms with Gasteiger partial charge >= 0.3 is 0 Å². The molecular formula is C8H10N2O2. The van der Waals surface area contributed by atoms with Gasteiger partial charge in [0.1, 0.15) is 5.75 Å². The highest BCUT2D eigenvalue weighted by Gasteiger charge is 2.04. The molecule has 0 radical (unpaired) electrons. The molecule has 4 heteroatoms. The second-order valence-electron chi connectivity index (χ2n) is 2.35. The van der Waals surface area contributed by atoms with E-state index in [1.165, 1.54) is 19.2 Å². The van der Waals surface area contributed by atoms with Gasteiger partial charge in [0.25, 0.3) is 5.91 Å². The molecule has 4 N–H and O–H groups in total. The Hall–Kier alpha value is -1.71. The van der Waals surface area contributed by atoms with Gasteiger partial charge in [-0.2, -0.15) is 0 Å². The summed E-state index contributed by atoms with van der Waals surface area (Å²) in [5, 5.41) is 11.6. The number of nitrogens with two attached hydrogens (primary N) is 1. The highest BCUT2D eigenvalue weighted by molar-refractivity contribution is 5.94. The molecule has 0 aromatic heterocycles. The van der Waals surface area contributed by atoms with Crippen molar-refractivity contribution in [3.8, 4) is 5.75 Å². The van der Waals surface area contributed by atoms with Crippen LogP contribution in [0.2, 0.25) is 0 Å². The standard InChI is InChI=1S/C8H10N2O2/c1-10-8(12)5-2-3-6(9)7(11)4-5/h2-4,11H,9H2,1H3,(H,10,12). The molecule has 1 aromatic carbocycles. The Morgan fingerprint density at radius 1 is 1.58 bits per heavy atom. The molecule has 0 aliphatic carbocycles. The first-order chi connectivity index (χ1) is 5.65. The lowest BCUT2D eigenvalue weighted by molar-refractivity contribution is 0.0963. The van der Waals surface area contributed by atoms with Crippen molar-refractivity contribution in [2.45, 2.75) is 0 Å². The number of phenolic OH excluding ortho intramolecular Hbond substituents is 1. The Morgan fingerprint density at radius 3 is 2.75 bits per heavy atom. The summed E-state index contributed by atoms with van der Waals surface area (Å²) < 4.78 is 0. The van der Waals surface area contributed by atoms with Crippen molar-refractivity contribution < 1.29 is 9.90 Å². The van der Waals surface area contributed by atoms with Crippen molar-refractivity contribution in [2.75, 3.05) is 12.8 Å². The van der Waals surface area contributed by atoms with Gasteiger partial charge in [-0.25, -0.2) is 0 Å². The summed E-state index contributed by atoms with van der Waals surface area (Å²) in [6.45, 7) is 0. The summed E-state index contributed by atoms with van der Waals surface area (Å²) in [7, 11) is 1.52. The number of nitrogen functional groups attached to an aromatic ring is 1. The molecule has 0 aliphatic heterocycles. The van der Waals surface area contributed by atoms with Gasteiger partial charge in [-0.1, -0.05) is 0 Å². The molecule has 0 bridgehead atoms. The van der Waals surface area contributed by atoms with E-state index in [2.05, 4.69) is 5.32 Å². The van der Waals surface area contributed by atoms with E-state index < -0.39 is 0 Å². The minimum atomic E-state index is -0.245. The van der Waals surface area contributed by atoms with Crippen LogP contribution in [0.5, 0.6) is 5.75 Å². The lowest BCUT2D eigenvalue weighted by Crippen LogP contribution is -2.17. The number of benzene rings is 1. The molecule has 0 spiro atoms. The van der Waals surface area contributed by atoms with Crippen molar-refractivity contribution in [2.24, 2.45) is 0 Å². The summed E-state index contributed by atoms with van der Waals surface area (Å²) in [6, 6.07) is 4.36. The van der Waals surface area contributed by atoms with Crippen LogP contribution < -0.4 is 11.1 Å². The van der Waals surface area contributed by atoms with Crippen molar-refractivity contribution in [3.63, 3.8) is 0 Å². The van der Waals surface area contributed by atoms with Gasteiger partial charge in [0.05, 0.1) is 5.69 Å². The second kappa shape index (κ2) is 3.13. The number of phenols is 1. The van der Waals surface area contributed by atoms with E-state index in [0.717, 1.165) is 0 Å². The van der Waals surface area contributed by atoms with Crippen molar-refractivity contribution in [1.29, 1.82) is 0 Å². The normalized spacial score (nSPS) is 9.42. The van der Waals surface area contributed by atoms with Crippen LogP contribution in [0.3, 0.4) is 0 Å². The Kier molecular flexibility index (Phi) is 2.19. The molecule has 64 valence electrons. The van der Waals surface area contributed by atoms with E-state index in [1.54, 1.807) is 6.07 Å². The third kappa shape index (κ3) is 1.47. The highest BCUT2D eigenvalue weighted by atomic mass is 16.3. The highest BCUT2D eigenvalue weighted by Crippen LogP contribution is 2.20. The van der Waals surface area contributed by atoms with E-state index in [-0.39, 0.29) is 17.3 Å². The first-order valence-corrected chi connectivity index (χ1v) is 3.45. The van der Waals surface area contributed by atoms with Crippen LogP contribution in [0.25, 0.3) is 0 Å². The molecule has 0 saturated carbocycles. The Labute approximate surface area is 70.0 Å². The molecule has 0 unspecified atom stereocenters. The fourth-order valence-electron chi connectivity index (χ4n) is 0.829. The van der Waals surface area contributed by atoms with Crippen molar-refractivity contribution in [3.05, 3.63) is 23.8 Å². The number of anilines is 1. The largest absolute Gasteiger partial charge is 0.506 e. The number of carbonyl (C=O) groups is 1. The third-order valence-corrected chi connectivity index (χ3v) is 1.52. The minimum Gasteiger partial charge on any atom is -0.506 e.